The fourth-order valence-electron chi connectivity index (χ4n) is 4.45. The van der Waals surface area contributed by atoms with Gasteiger partial charge in [0, 0.05) is 43.0 Å². The maximum absolute atomic E-state index is 14.9. The van der Waals surface area contributed by atoms with Gasteiger partial charge in [0.15, 0.2) is 11.9 Å². The van der Waals surface area contributed by atoms with Gasteiger partial charge in [-0.3, -0.25) is 15.6 Å². The van der Waals surface area contributed by atoms with Crippen molar-refractivity contribution in [2.75, 3.05) is 31.5 Å². The van der Waals surface area contributed by atoms with Crippen LogP contribution in [0, 0.1) is 23.6 Å². The van der Waals surface area contributed by atoms with Gasteiger partial charge in [-0.05, 0) is 66.3 Å². The number of carbonyl (C=O) groups excluding carboxylic acids is 1. The smallest absolute Gasteiger partial charge is 0.255 e. The van der Waals surface area contributed by atoms with E-state index in [1.54, 1.807) is 28.0 Å². The molecule has 35 heavy (non-hydrogen) atoms. The Morgan fingerprint density at radius 2 is 1.57 bits per heavy atom. The number of carbonyl (C=O) groups is 1. The van der Waals surface area contributed by atoms with Crippen molar-refractivity contribution in [2.45, 2.75) is 19.8 Å². The minimum absolute atomic E-state index is 0.0113. The van der Waals surface area contributed by atoms with Gasteiger partial charge in [-0.25, -0.2) is 4.39 Å². The third-order valence-corrected chi connectivity index (χ3v) is 6.51. The summed E-state index contributed by atoms with van der Waals surface area (Å²) in [4.78, 5) is 16.4. The number of benzene rings is 2. The lowest BCUT2D eigenvalue weighted by Gasteiger charge is -2.27. The van der Waals surface area contributed by atoms with E-state index >= 15 is 0 Å². The number of hydrogen-bond acceptors (Lipinski definition) is 3. The second-order valence-electron chi connectivity index (χ2n) is 8.80. The van der Waals surface area contributed by atoms with E-state index in [4.69, 9.17) is 22.3 Å². The predicted octanol–water partition coefficient (Wildman–Crippen LogP) is 3.35. The standard InChI is InChI=1S/C26H30FN7O/c1-16-14-19(17-6-10-33(11-7-17)25(28)29)2-4-21(16)24(35)32-20-3-5-22(23(27)15-20)18-8-12-34(13-9-18)26(30)31/h2-6,8,14-15H,7,9-13H2,1H3,(H3,28,29)(H3,30,31)(H,32,35). The zero-order chi connectivity index (χ0) is 25.1. The highest BCUT2D eigenvalue weighted by molar-refractivity contribution is 6.05. The van der Waals surface area contributed by atoms with E-state index in [0.29, 0.717) is 49.4 Å². The monoisotopic (exact) mass is 475 g/mol. The fraction of sp³-hybridized carbons (Fsp3) is 0.269. The van der Waals surface area contributed by atoms with Crippen LogP contribution >= 0.6 is 0 Å². The number of halogens is 1. The highest BCUT2D eigenvalue weighted by Crippen LogP contribution is 2.28. The van der Waals surface area contributed by atoms with Crippen LogP contribution in [0.4, 0.5) is 10.1 Å². The van der Waals surface area contributed by atoms with E-state index in [1.807, 2.05) is 25.1 Å². The summed E-state index contributed by atoms with van der Waals surface area (Å²) >= 11 is 0. The number of aryl methyl sites for hydroxylation is 1. The molecule has 182 valence electrons. The van der Waals surface area contributed by atoms with Crippen molar-refractivity contribution in [1.82, 2.24) is 9.80 Å². The van der Waals surface area contributed by atoms with E-state index in [1.165, 1.54) is 11.6 Å². The van der Waals surface area contributed by atoms with Gasteiger partial charge in [-0.1, -0.05) is 24.3 Å². The van der Waals surface area contributed by atoms with Crippen LogP contribution in [0.15, 0.2) is 48.6 Å². The molecule has 0 aromatic heterocycles. The Balaban J connectivity index is 1.44. The van der Waals surface area contributed by atoms with Gasteiger partial charge < -0.3 is 26.6 Å². The average molecular weight is 476 g/mol. The zero-order valence-corrected chi connectivity index (χ0v) is 19.7. The molecule has 9 heteroatoms. The van der Waals surface area contributed by atoms with Crippen molar-refractivity contribution in [1.29, 1.82) is 10.8 Å². The Labute approximate surface area is 204 Å². The number of amides is 1. The maximum atomic E-state index is 14.9. The number of nitrogens with one attached hydrogen (secondary N) is 3. The van der Waals surface area contributed by atoms with Crippen molar-refractivity contribution in [3.8, 4) is 0 Å². The summed E-state index contributed by atoms with van der Waals surface area (Å²) in [5.41, 5.74) is 16.4. The third kappa shape index (κ3) is 5.34. The number of nitrogens with zero attached hydrogens (tertiary/aromatic N) is 2. The zero-order valence-electron chi connectivity index (χ0n) is 19.7. The molecule has 0 saturated carbocycles. The van der Waals surface area contributed by atoms with Gasteiger partial charge >= 0.3 is 0 Å². The quantitative estimate of drug-likeness (QED) is 0.341. The van der Waals surface area contributed by atoms with E-state index in [9.17, 15) is 9.18 Å². The average Bonchev–Trinajstić information content (AvgIpc) is 2.84. The first-order valence-electron chi connectivity index (χ1n) is 11.5. The summed E-state index contributed by atoms with van der Waals surface area (Å²) in [6.07, 6.45) is 5.31. The Hall–Kier alpha value is -4.14. The molecule has 0 radical (unpaired) electrons. The first-order chi connectivity index (χ1) is 16.7. The molecule has 0 aliphatic carbocycles. The Morgan fingerprint density at radius 3 is 2.09 bits per heavy atom. The Kier molecular flexibility index (Phi) is 6.86. The van der Waals surface area contributed by atoms with E-state index in [2.05, 4.69) is 11.4 Å². The predicted molar refractivity (Wildman–Crippen MR) is 138 cm³/mol. The van der Waals surface area contributed by atoms with Crippen LogP contribution in [0.25, 0.3) is 11.1 Å². The van der Waals surface area contributed by atoms with Crippen LogP contribution in [-0.2, 0) is 0 Å². The summed E-state index contributed by atoms with van der Waals surface area (Å²) in [5.74, 6) is -0.614. The van der Waals surface area contributed by atoms with Crippen LogP contribution in [0.2, 0.25) is 0 Å². The molecular weight excluding hydrogens is 445 g/mol. The van der Waals surface area contributed by atoms with Gasteiger partial charge in [-0.2, -0.15) is 0 Å². The molecule has 0 atom stereocenters. The molecule has 2 aliphatic heterocycles. The topological polar surface area (TPSA) is 135 Å². The van der Waals surface area contributed by atoms with E-state index < -0.39 is 5.82 Å². The van der Waals surface area contributed by atoms with Gasteiger partial charge in [0.25, 0.3) is 5.91 Å². The first-order valence-corrected chi connectivity index (χ1v) is 11.5. The molecule has 8 nitrogen and oxygen atoms in total. The molecule has 0 unspecified atom stereocenters. The minimum Gasteiger partial charge on any atom is -0.370 e. The number of guanidine groups is 2. The van der Waals surface area contributed by atoms with E-state index in [-0.39, 0.29) is 17.8 Å². The molecule has 0 bridgehead atoms. The third-order valence-electron chi connectivity index (χ3n) is 6.51. The number of hydrogen-bond donors (Lipinski definition) is 5. The summed E-state index contributed by atoms with van der Waals surface area (Å²) in [6.45, 7) is 4.21. The van der Waals surface area contributed by atoms with Crippen LogP contribution < -0.4 is 16.8 Å². The highest BCUT2D eigenvalue weighted by atomic mass is 19.1. The second-order valence-corrected chi connectivity index (χ2v) is 8.80. The maximum Gasteiger partial charge on any atom is 0.255 e. The lowest BCUT2D eigenvalue weighted by molar-refractivity contribution is 0.102. The highest BCUT2D eigenvalue weighted by Gasteiger charge is 2.18. The van der Waals surface area contributed by atoms with Crippen LogP contribution in [0.5, 0.6) is 0 Å². The first kappa shape index (κ1) is 24.0. The lowest BCUT2D eigenvalue weighted by atomic mass is 9.95. The molecule has 1 amide bonds. The van der Waals surface area contributed by atoms with Gasteiger partial charge in [0.2, 0.25) is 0 Å². The van der Waals surface area contributed by atoms with Gasteiger partial charge in [0.05, 0.1) is 0 Å². The van der Waals surface area contributed by atoms with Gasteiger partial charge in [-0.15, -0.1) is 0 Å². The van der Waals surface area contributed by atoms with Crippen molar-refractivity contribution >= 4 is 34.7 Å². The Bertz CT molecular complexity index is 1250. The summed E-state index contributed by atoms with van der Waals surface area (Å²) < 4.78 is 14.9. The number of rotatable bonds is 4. The minimum atomic E-state index is -0.402. The largest absolute Gasteiger partial charge is 0.370 e. The molecule has 2 aromatic carbocycles. The van der Waals surface area contributed by atoms with Gasteiger partial charge in [0.1, 0.15) is 5.82 Å². The van der Waals surface area contributed by atoms with Crippen LogP contribution in [0.3, 0.4) is 0 Å². The van der Waals surface area contributed by atoms with Crippen molar-refractivity contribution < 1.29 is 9.18 Å². The molecule has 0 saturated heterocycles. The van der Waals surface area contributed by atoms with E-state index in [0.717, 1.165) is 23.1 Å². The molecule has 0 spiro atoms. The number of anilines is 1. The van der Waals surface area contributed by atoms with Crippen LogP contribution in [-0.4, -0.2) is 53.8 Å². The SMILES string of the molecule is Cc1cc(C2=CCN(C(=N)N)CC2)ccc1C(=O)Nc1ccc(C2=CCN(C(=N)N)CC2)c(F)c1. The normalized spacial score (nSPS) is 15.8. The fourth-order valence-corrected chi connectivity index (χ4v) is 4.45. The number of nitrogens with two attached hydrogens (primary N) is 2. The van der Waals surface area contributed by atoms with Crippen molar-refractivity contribution in [3.05, 3.63) is 76.6 Å². The molecule has 0 fully saturated rings. The Morgan fingerprint density at radius 1 is 0.943 bits per heavy atom. The summed E-state index contributed by atoms with van der Waals surface area (Å²) in [7, 11) is 0. The summed E-state index contributed by atoms with van der Waals surface area (Å²) in [5, 5.41) is 17.9. The van der Waals surface area contributed by atoms with Crippen molar-refractivity contribution in [3.63, 3.8) is 0 Å². The molecular formula is C26H30FN7O. The molecule has 7 N–H and O–H groups in total. The molecule has 2 aromatic rings. The molecule has 4 rings (SSSR count). The molecule has 2 heterocycles. The van der Waals surface area contributed by atoms with Crippen molar-refractivity contribution in [2.24, 2.45) is 11.5 Å². The molecule has 2 aliphatic rings. The van der Waals surface area contributed by atoms with Crippen LogP contribution in [0.1, 0.15) is 39.9 Å². The summed E-state index contributed by atoms with van der Waals surface area (Å²) in [6, 6.07) is 10.4. The second kappa shape index (κ2) is 10.0. The lowest BCUT2D eigenvalue weighted by Crippen LogP contribution is -2.39.